The highest BCUT2D eigenvalue weighted by Gasteiger charge is 2.36. The molecule has 0 spiro atoms. The normalized spacial score (nSPS) is 31.7. The van der Waals surface area contributed by atoms with Gasteiger partial charge in [-0.05, 0) is 32.2 Å². The maximum Gasteiger partial charge on any atom is 0.127 e. The number of aldehydes is 1. The Morgan fingerprint density at radius 1 is 1.33 bits per heavy atom. The van der Waals surface area contributed by atoms with Gasteiger partial charge >= 0.3 is 0 Å². The van der Waals surface area contributed by atoms with E-state index in [9.17, 15) is 9.90 Å². The predicted octanol–water partition coefficient (Wildman–Crippen LogP) is 1.20. The molecule has 1 aliphatic carbocycles. The minimum Gasteiger partial charge on any atom is -0.392 e. The van der Waals surface area contributed by atoms with Gasteiger partial charge in [0.2, 0.25) is 0 Å². The fraction of sp³-hybridized carbons (Fsp3) is 0.917. The molecule has 1 heterocycles. The molecule has 15 heavy (non-hydrogen) atoms. The van der Waals surface area contributed by atoms with Gasteiger partial charge in [0.05, 0.1) is 6.10 Å². The predicted molar refractivity (Wildman–Crippen MR) is 58.6 cm³/mol. The van der Waals surface area contributed by atoms with Gasteiger partial charge in [0.1, 0.15) is 6.29 Å². The van der Waals surface area contributed by atoms with E-state index in [1.54, 1.807) is 0 Å². The summed E-state index contributed by atoms with van der Waals surface area (Å²) >= 11 is 0. The molecule has 86 valence electrons. The second kappa shape index (κ2) is 4.62. The van der Waals surface area contributed by atoms with Crippen molar-refractivity contribution in [3.63, 3.8) is 0 Å². The summed E-state index contributed by atoms with van der Waals surface area (Å²) in [5, 5.41) is 9.58. The van der Waals surface area contributed by atoms with E-state index < -0.39 is 0 Å². The van der Waals surface area contributed by atoms with Crippen molar-refractivity contribution in [2.24, 2.45) is 5.41 Å². The van der Waals surface area contributed by atoms with Crippen LogP contribution in [0.15, 0.2) is 0 Å². The van der Waals surface area contributed by atoms with Crippen LogP contribution >= 0.6 is 0 Å². The van der Waals surface area contributed by atoms with Crippen LogP contribution in [0.1, 0.15) is 38.5 Å². The molecule has 0 amide bonds. The summed E-state index contributed by atoms with van der Waals surface area (Å²) in [6.07, 6.45) is 7.45. The van der Waals surface area contributed by atoms with Crippen LogP contribution in [-0.4, -0.2) is 42.0 Å². The van der Waals surface area contributed by atoms with E-state index in [0.717, 1.165) is 45.3 Å². The van der Waals surface area contributed by atoms with Crippen molar-refractivity contribution in [1.29, 1.82) is 0 Å². The molecule has 3 nitrogen and oxygen atoms in total. The second-order valence-corrected chi connectivity index (χ2v) is 5.22. The molecule has 0 bridgehead atoms. The number of rotatable bonds is 3. The van der Waals surface area contributed by atoms with Crippen molar-refractivity contribution in [2.75, 3.05) is 19.6 Å². The van der Waals surface area contributed by atoms with Gasteiger partial charge in [0, 0.05) is 18.5 Å². The third kappa shape index (κ3) is 2.58. The number of aliphatic hydroxyl groups excluding tert-OH is 1. The Bertz CT molecular complexity index is 224. The maximum atomic E-state index is 11.2. The fourth-order valence-corrected chi connectivity index (χ4v) is 3.01. The fourth-order valence-electron chi connectivity index (χ4n) is 3.01. The van der Waals surface area contributed by atoms with Crippen LogP contribution < -0.4 is 0 Å². The summed E-state index contributed by atoms with van der Waals surface area (Å²) < 4.78 is 0. The first-order chi connectivity index (χ1) is 7.24. The van der Waals surface area contributed by atoms with Gasteiger partial charge in [-0.15, -0.1) is 0 Å². The first kappa shape index (κ1) is 11.1. The van der Waals surface area contributed by atoms with E-state index in [1.165, 1.54) is 19.1 Å². The molecule has 1 unspecified atom stereocenters. The van der Waals surface area contributed by atoms with Gasteiger partial charge < -0.3 is 9.90 Å². The molecule has 1 atom stereocenters. The molecule has 0 radical (unpaired) electrons. The lowest BCUT2D eigenvalue weighted by molar-refractivity contribution is -0.117. The molecular formula is C12H21NO2. The van der Waals surface area contributed by atoms with Crippen molar-refractivity contribution in [3.8, 4) is 0 Å². The third-order valence-electron chi connectivity index (χ3n) is 3.87. The van der Waals surface area contributed by atoms with Crippen LogP contribution in [-0.2, 0) is 4.79 Å². The highest BCUT2D eigenvalue weighted by atomic mass is 16.3. The quantitative estimate of drug-likeness (QED) is 0.713. The molecule has 0 aromatic carbocycles. The molecule has 1 aliphatic heterocycles. The minimum atomic E-state index is -0.177. The maximum absolute atomic E-state index is 11.2. The Labute approximate surface area is 91.5 Å². The van der Waals surface area contributed by atoms with E-state index in [0.29, 0.717) is 0 Å². The van der Waals surface area contributed by atoms with Gasteiger partial charge in [0.15, 0.2) is 0 Å². The van der Waals surface area contributed by atoms with Crippen LogP contribution in [0.3, 0.4) is 0 Å². The average molecular weight is 211 g/mol. The SMILES string of the molecule is O=CC1(CN2CCCC(O)C2)CCCC1. The Kier molecular flexibility index (Phi) is 3.42. The lowest BCUT2D eigenvalue weighted by Gasteiger charge is -2.35. The first-order valence-electron chi connectivity index (χ1n) is 6.11. The van der Waals surface area contributed by atoms with Crippen molar-refractivity contribution in [1.82, 2.24) is 4.90 Å². The lowest BCUT2D eigenvalue weighted by atomic mass is 9.87. The number of likely N-dealkylation sites (tertiary alicyclic amines) is 1. The standard InChI is InChI=1S/C12H21NO2/c14-10-12(5-1-2-6-12)9-13-7-3-4-11(15)8-13/h10-11,15H,1-9H2. The number of nitrogens with zero attached hydrogens (tertiary/aromatic N) is 1. The zero-order valence-corrected chi connectivity index (χ0v) is 9.32. The van der Waals surface area contributed by atoms with Gasteiger partial charge in [-0.2, -0.15) is 0 Å². The number of β-amino-alcohol motifs (C(OH)–C–C–N with tert-alkyl or cyclic N) is 1. The monoisotopic (exact) mass is 211 g/mol. The zero-order valence-electron chi connectivity index (χ0n) is 9.32. The summed E-state index contributed by atoms with van der Waals surface area (Å²) in [5.74, 6) is 0. The number of hydrogen-bond acceptors (Lipinski definition) is 3. The summed E-state index contributed by atoms with van der Waals surface area (Å²) in [5.41, 5.74) is -0.0862. The molecule has 2 fully saturated rings. The molecule has 2 aliphatic rings. The van der Waals surface area contributed by atoms with E-state index in [-0.39, 0.29) is 11.5 Å². The number of hydrogen-bond donors (Lipinski definition) is 1. The van der Waals surface area contributed by atoms with Crippen molar-refractivity contribution >= 4 is 6.29 Å². The molecule has 1 saturated heterocycles. The summed E-state index contributed by atoms with van der Waals surface area (Å²) in [6, 6.07) is 0. The minimum absolute atomic E-state index is 0.0862. The number of carbonyl (C=O) groups is 1. The van der Waals surface area contributed by atoms with E-state index >= 15 is 0 Å². The Morgan fingerprint density at radius 3 is 2.67 bits per heavy atom. The third-order valence-corrected chi connectivity index (χ3v) is 3.87. The lowest BCUT2D eigenvalue weighted by Crippen LogP contribution is -2.44. The van der Waals surface area contributed by atoms with Crippen LogP contribution in [0.5, 0.6) is 0 Å². The molecule has 0 aromatic rings. The summed E-state index contributed by atoms with van der Waals surface area (Å²) in [6.45, 7) is 2.68. The van der Waals surface area contributed by atoms with Gasteiger partial charge in [-0.3, -0.25) is 4.90 Å². The van der Waals surface area contributed by atoms with Crippen LogP contribution in [0.4, 0.5) is 0 Å². The van der Waals surface area contributed by atoms with Crippen LogP contribution in [0.2, 0.25) is 0 Å². The van der Waals surface area contributed by atoms with E-state index in [4.69, 9.17) is 0 Å². The van der Waals surface area contributed by atoms with Gasteiger partial charge in [-0.1, -0.05) is 12.8 Å². The van der Waals surface area contributed by atoms with Crippen molar-refractivity contribution < 1.29 is 9.90 Å². The summed E-state index contributed by atoms with van der Waals surface area (Å²) in [4.78, 5) is 13.5. The Balaban J connectivity index is 1.91. The summed E-state index contributed by atoms with van der Waals surface area (Å²) in [7, 11) is 0. The van der Waals surface area contributed by atoms with Gasteiger partial charge in [-0.25, -0.2) is 0 Å². The number of piperidine rings is 1. The first-order valence-corrected chi connectivity index (χ1v) is 6.11. The smallest absolute Gasteiger partial charge is 0.127 e. The van der Waals surface area contributed by atoms with Crippen LogP contribution in [0, 0.1) is 5.41 Å². The number of aliphatic hydroxyl groups is 1. The Hall–Kier alpha value is -0.410. The highest BCUT2D eigenvalue weighted by Crippen LogP contribution is 2.37. The van der Waals surface area contributed by atoms with E-state index in [2.05, 4.69) is 4.90 Å². The largest absolute Gasteiger partial charge is 0.392 e. The molecule has 2 rings (SSSR count). The molecular weight excluding hydrogens is 190 g/mol. The van der Waals surface area contributed by atoms with Crippen molar-refractivity contribution in [2.45, 2.75) is 44.6 Å². The second-order valence-electron chi connectivity index (χ2n) is 5.22. The molecule has 1 N–H and O–H groups in total. The Morgan fingerprint density at radius 2 is 2.07 bits per heavy atom. The number of carbonyl (C=O) groups excluding carboxylic acids is 1. The van der Waals surface area contributed by atoms with Crippen molar-refractivity contribution in [3.05, 3.63) is 0 Å². The van der Waals surface area contributed by atoms with Crippen LogP contribution in [0.25, 0.3) is 0 Å². The molecule has 3 heteroatoms. The molecule has 1 saturated carbocycles. The molecule has 0 aromatic heterocycles. The zero-order chi connectivity index (χ0) is 10.7. The van der Waals surface area contributed by atoms with E-state index in [1.807, 2.05) is 0 Å². The highest BCUT2D eigenvalue weighted by molar-refractivity contribution is 5.60. The average Bonchev–Trinajstić information content (AvgIpc) is 2.67. The topological polar surface area (TPSA) is 40.5 Å². The van der Waals surface area contributed by atoms with Gasteiger partial charge in [0.25, 0.3) is 0 Å².